The Hall–Kier alpha value is -1.74. The lowest BCUT2D eigenvalue weighted by Crippen LogP contribution is -2.22. The van der Waals surface area contributed by atoms with Crippen LogP contribution >= 0.6 is 12.2 Å². The van der Waals surface area contributed by atoms with E-state index in [0.717, 1.165) is 22.7 Å². The van der Waals surface area contributed by atoms with Crippen molar-refractivity contribution in [2.24, 2.45) is 0 Å². The van der Waals surface area contributed by atoms with E-state index in [-0.39, 0.29) is 0 Å². The molecular weight excluding hydrogens is 240 g/mol. The lowest BCUT2D eigenvalue weighted by atomic mass is 10.0. The number of thiocarbonyl (C=S) groups is 1. The van der Waals surface area contributed by atoms with Gasteiger partial charge in [0.15, 0.2) is 0 Å². The normalized spacial score (nSPS) is 10.1. The van der Waals surface area contributed by atoms with Crippen LogP contribution in [0.5, 0.6) is 0 Å². The van der Waals surface area contributed by atoms with Gasteiger partial charge in [0.2, 0.25) is 0 Å². The average Bonchev–Trinajstić information content (AvgIpc) is 2.39. The van der Waals surface area contributed by atoms with E-state index in [9.17, 15) is 0 Å². The highest BCUT2D eigenvalue weighted by Crippen LogP contribution is 2.13. The predicted octanol–water partition coefficient (Wildman–Crippen LogP) is 2.91. The molecule has 0 saturated carbocycles. The van der Waals surface area contributed by atoms with Crippen LogP contribution in [0.25, 0.3) is 0 Å². The van der Waals surface area contributed by atoms with E-state index in [0.29, 0.717) is 0 Å². The van der Waals surface area contributed by atoms with E-state index in [1.54, 1.807) is 0 Å². The van der Waals surface area contributed by atoms with E-state index in [4.69, 9.17) is 12.2 Å². The molecule has 18 heavy (non-hydrogen) atoms. The van der Waals surface area contributed by atoms with E-state index in [2.05, 4.69) is 17.1 Å². The first-order chi connectivity index (χ1) is 8.68. The van der Waals surface area contributed by atoms with Gasteiger partial charge in [-0.15, -0.1) is 0 Å². The van der Waals surface area contributed by atoms with Crippen molar-refractivity contribution in [3.8, 4) is 0 Å². The molecule has 2 nitrogen and oxygen atoms in total. The van der Waals surface area contributed by atoms with Crippen molar-refractivity contribution < 1.29 is 0 Å². The summed E-state index contributed by atoms with van der Waals surface area (Å²) in [6.07, 6.45) is 2.63. The molecule has 0 amide bonds. The summed E-state index contributed by atoms with van der Waals surface area (Å²) < 4.78 is 0. The first-order valence-electron chi connectivity index (χ1n) is 5.88. The van der Waals surface area contributed by atoms with Gasteiger partial charge in [0.05, 0.1) is 5.69 Å². The number of pyridine rings is 1. The average molecular weight is 256 g/mol. The Morgan fingerprint density at radius 1 is 1.11 bits per heavy atom. The van der Waals surface area contributed by atoms with Gasteiger partial charge < -0.3 is 4.90 Å². The summed E-state index contributed by atoms with van der Waals surface area (Å²) in [4.78, 5) is 7.24. The summed E-state index contributed by atoms with van der Waals surface area (Å²) in [5.41, 5.74) is 3.32. The van der Waals surface area contributed by atoms with Gasteiger partial charge in [-0.1, -0.05) is 42.5 Å². The van der Waals surface area contributed by atoms with Crippen LogP contribution in [0.3, 0.4) is 0 Å². The second-order valence-corrected chi connectivity index (χ2v) is 4.75. The number of nitrogens with zero attached hydrogens (tertiary/aromatic N) is 2. The molecule has 0 radical (unpaired) electrons. The summed E-state index contributed by atoms with van der Waals surface area (Å²) in [5, 5.41) is 0. The molecule has 0 saturated heterocycles. The number of benzene rings is 1. The van der Waals surface area contributed by atoms with Crippen LogP contribution in [0.2, 0.25) is 0 Å². The molecule has 2 aromatic rings. The van der Waals surface area contributed by atoms with Crippen molar-refractivity contribution in [3.63, 3.8) is 0 Å². The van der Waals surface area contributed by atoms with E-state index in [1.807, 2.05) is 55.5 Å². The molecule has 0 aliphatic heterocycles. The number of hydrogen-bond acceptors (Lipinski definition) is 2. The Labute approximate surface area is 113 Å². The van der Waals surface area contributed by atoms with Crippen LogP contribution in [-0.4, -0.2) is 29.0 Å². The highest BCUT2D eigenvalue weighted by molar-refractivity contribution is 7.80. The molecule has 1 aromatic carbocycles. The minimum Gasteiger partial charge on any atom is -0.368 e. The maximum absolute atomic E-state index is 5.43. The molecule has 92 valence electrons. The van der Waals surface area contributed by atoms with Crippen LogP contribution in [0.4, 0.5) is 0 Å². The summed E-state index contributed by atoms with van der Waals surface area (Å²) in [7, 11) is 3.92. The molecule has 0 aliphatic rings. The van der Waals surface area contributed by atoms with Crippen LogP contribution in [-0.2, 0) is 6.42 Å². The van der Waals surface area contributed by atoms with Crippen molar-refractivity contribution in [3.05, 3.63) is 65.5 Å². The van der Waals surface area contributed by atoms with Crippen LogP contribution in [0, 0.1) is 0 Å². The minimum absolute atomic E-state index is 0.811. The molecule has 0 spiro atoms. The maximum atomic E-state index is 5.43. The molecule has 2 rings (SSSR count). The van der Waals surface area contributed by atoms with E-state index >= 15 is 0 Å². The highest BCUT2D eigenvalue weighted by atomic mass is 32.1. The van der Waals surface area contributed by atoms with Gasteiger partial charge in [0.25, 0.3) is 0 Å². The Bertz CT molecular complexity index is 535. The summed E-state index contributed by atoms with van der Waals surface area (Å²) >= 11 is 5.43. The Morgan fingerprint density at radius 2 is 1.83 bits per heavy atom. The molecule has 0 unspecified atom stereocenters. The Kier molecular flexibility index (Phi) is 4.05. The highest BCUT2D eigenvalue weighted by Gasteiger charge is 2.10. The maximum Gasteiger partial charge on any atom is 0.110 e. The van der Waals surface area contributed by atoms with Crippen LogP contribution < -0.4 is 0 Å². The molecule has 1 heterocycles. The lowest BCUT2D eigenvalue weighted by Gasteiger charge is -2.16. The first-order valence-corrected chi connectivity index (χ1v) is 6.29. The second-order valence-electron chi connectivity index (χ2n) is 4.36. The zero-order valence-corrected chi connectivity index (χ0v) is 11.4. The van der Waals surface area contributed by atoms with Crippen molar-refractivity contribution in [1.29, 1.82) is 0 Å². The molecule has 0 fully saturated rings. The molecule has 0 N–H and O–H groups in total. The van der Waals surface area contributed by atoms with Crippen LogP contribution in [0.1, 0.15) is 16.8 Å². The topological polar surface area (TPSA) is 16.1 Å². The fourth-order valence-corrected chi connectivity index (χ4v) is 1.99. The smallest absolute Gasteiger partial charge is 0.110 e. The van der Waals surface area contributed by atoms with Crippen molar-refractivity contribution in [2.45, 2.75) is 6.42 Å². The fraction of sp³-hybridized carbons (Fsp3) is 0.200. The minimum atomic E-state index is 0.811. The van der Waals surface area contributed by atoms with E-state index < -0.39 is 0 Å². The molecule has 0 atom stereocenters. The van der Waals surface area contributed by atoms with Crippen LogP contribution in [0.15, 0.2) is 48.7 Å². The third-order valence-corrected chi connectivity index (χ3v) is 3.33. The van der Waals surface area contributed by atoms with Crippen molar-refractivity contribution in [2.75, 3.05) is 14.1 Å². The van der Waals surface area contributed by atoms with E-state index in [1.165, 1.54) is 5.56 Å². The predicted molar refractivity (Wildman–Crippen MR) is 78.9 cm³/mol. The summed E-state index contributed by atoms with van der Waals surface area (Å²) in [5.74, 6) is 0. The Balaban J connectivity index is 2.31. The Morgan fingerprint density at radius 3 is 2.50 bits per heavy atom. The third kappa shape index (κ3) is 2.93. The zero-order chi connectivity index (χ0) is 13.0. The molecular formula is C15H16N2S. The van der Waals surface area contributed by atoms with Crippen molar-refractivity contribution >= 4 is 17.2 Å². The summed E-state index contributed by atoms with van der Waals surface area (Å²) in [6, 6.07) is 14.3. The molecule has 0 aliphatic carbocycles. The third-order valence-electron chi connectivity index (χ3n) is 2.74. The van der Waals surface area contributed by atoms with Crippen molar-refractivity contribution in [1.82, 2.24) is 9.88 Å². The van der Waals surface area contributed by atoms with Gasteiger partial charge in [-0.05, 0) is 17.7 Å². The standard InChI is InChI=1S/C15H16N2S/c1-17(2)15(18)13-9-6-10-16-14(13)11-12-7-4-3-5-8-12/h3-10H,11H2,1-2H3. The number of aromatic nitrogens is 1. The first kappa shape index (κ1) is 12.7. The van der Waals surface area contributed by atoms with Gasteiger partial charge >= 0.3 is 0 Å². The lowest BCUT2D eigenvalue weighted by molar-refractivity contribution is 0.635. The summed E-state index contributed by atoms with van der Waals surface area (Å²) in [6.45, 7) is 0. The zero-order valence-electron chi connectivity index (χ0n) is 10.6. The second kappa shape index (κ2) is 5.74. The van der Waals surface area contributed by atoms with Gasteiger partial charge in [-0.2, -0.15) is 0 Å². The molecule has 3 heteroatoms. The fourth-order valence-electron chi connectivity index (χ4n) is 1.80. The van der Waals surface area contributed by atoms with Gasteiger partial charge in [-0.25, -0.2) is 0 Å². The monoisotopic (exact) mass is 256 g/mol. The number of hydrogen-bond donors (Lipinski definition) is 0. The number of rotatable bonds is 3. The van der Waals surface area contributed by atoms with Gasteiger partial charge in [0, 0.05) is 32.3 Å². The molecule has 0 bridgehead atoms. The largest absolute Gasteiger partial charge is 0.368 e. The quantitative estimate of drug-likeness (QED) is 0.786. The van der Waals surface area contributed by atoms with Gasteiger partial charge in [0.1, 0.15) is 4.99 Å². The SMILES string of the molecule is CN(C)C(=S)c1cccnc1Cc1ccccc1. The van der Waals surface area contributed by atoms with Gasteiger partial charge in [-0.3, -0.25) is 4.98 Å². The molecule has 1 aromatic heterocycles.